The zero-order valence-electron chi connectivity index (χ0n) is 15.8. The van der Waals surface area contributed by atoms with Gasteiger partial charge in [-0.15, -0.1) is 0 Å². The van der Waals surface area contributed by atoms with Crippen molar-refractivity contribution >= 4 is 11.8 Å². The highest BCUT2D eigenvalue weighted by Crippen LogP contribution is 2.37. The molecule has 0 bridgehead atoms. The Hall–Kier alpha value is -1.31. The molecule has 0 aromatic heterocycles. The maximum absolute atomic E-state index is 12.9. The van der Waals surface area contributed by atoms with Crippen LogP contribution in [0.5, 0.6) is 0 Å². The molecule has 2 amide bonds. The normalized spacial score (nSPS) is 28.3. The van der Waals surface area contributed by atoms with Gasteiger partial charge in [-0.05, 0) is 32.1 Å². The summed E-state index contributed by atoms with van der Waals surface area (Å²) in [6.45, 7) is 2.73. The van der Waals surface area contributed by atoms with E-state index < -0.39 is 12.1 Å². The Morgan fingerprint density at radius 3 is 2.22 bits per heavy atom. The molecule has 0 aromatic carbocycles. The molecule has 1 aliphatic heterocycles. The molecule has 0 radical (unpaired) electrons. The SMILES string of the molecule is O=C(CN1CCN(C(=O)C2CCCC2)CC1)NC1CCCC(C(F)(F)F)C1. The number of nitrogens with one attached hydrogen (secondary N) is 1. The van der Waals surface area contributed by atoms with Crippen LogP contribution >= 0.6 is 0 Å². The van der Waals surface area contributed by atoms with Gasteiger partial charge in [0.15, 0.2) is 0 Å². The third-order valence-electron chi connectivity index (χ3n) is 6.26. The monoisotopic (exact) mass is 389 g/mol. The highest BCUT2D eigenvalue weighted by Gasteiger charge is 2.42. The molecule has 3 fully saturated rings. The van der Waals surface area contributed by atoms with Crippen molar-refractivity contribution in [1.29, 1.82) is 0 Å². The largest absolute Gasteiger partial charge is 0.391 e. The first kappa shape index (κ1) is 20.4. The summed E-state index contributed by atoms with van der Waals surface area (Å²) in [5, 5.41) is 2.79. The fourth-order valence-corrected chi connectivity index (χ4v) is 4.65. The van der Waals surface area contributed by atoms with Crippen molar-refractivity contribution in [3.05, 3.63) is 0 Å². The number of hydrogen-bond donors (Lipinski definition) is 1. The lowest BCUT2D eigenvalue weighted by Crippen LogP contribution is -2.53. The Morgan fingerprint density at radius 1 is 0.926 bits per heavy atom. The Kier molecular flexibility index (Phi) is 6.65. The van der Waals surface area contributed by atoms with Gasteiger partial charge in [0.25, 0.3) is 0 Å². The van der Waals surface area contributed by atoms with Crippen LogP contribution in [0.2, 0.25) is 0 Å². The molecule has 8 heteroatoms. The first-order valence-corrected chi connectivity index (χ1v) is 10.2. The molecule has 154 valence electrons. The van der Waals surface area contributed by atoms with E-state index in [9.17, 15) is 22.8 Å². The first-order valence-electron chi connectivity index (χ1n) is 10.2. The van der Waals surface area contributed by atoms with Crippen LogP contribution in [0, 0.1) is 11.8 Å². The van der Waals surface area contributed by atoms with E-state index in [1.807, 2.05) is 9.80 Å². The molecule has 5 nitrogen and oxygen atoms in total. The minimum Gasteiger partial charge on any atom is -0.352 e. The van der Waals surface area contributed by atoms with Crippen LogP contribution in [0.4, 0.5) is 13.2 Å². The number of rotatable bonds is 4. The molecule has 2 aliphatic carbocycles. The highest BCUT2D eigenvalue weighted by atomic mass is 19.4. The van der Waals surface area contributed by atoms with Crippen LogP contribution in [-0.2, 0) is 9.59 Å². The van der Waals surface area contributed by atoms with Gasteiger partial charge in [-0.2, -0.15) is 13.2 Å². The van der Waals surface area contributed by atoms with E-state index >= 15 is 0 Å². The number of piperazine rings is 1. The molecule has 0 aromatic rings. The van der Waals surface area contributed by atoms with Crippen LogP contribution in [0.25, 0.3) is 0 Å². The molecule has 3 rings (SSSR count). The predicted molar refractivity (Wildman–Crippen MR) is 94.9 cm³/mol. The van der Waals surface area contributed by atoms with Gasteiger partial charge in [-0.25, -0.2) is 0 Å². The highest BCUT2D eigenvalue weighted by molar-refractivity contribution is 5.80. The van der Waals surface area contributed by atoms with E-state index in [1.165, 1.54) is 0 Å². The molecule has 3 aliphatic rings. The standard InChI is InChI=1S/C19H30F3N3O2/c20-19(21,22)15-6-3-7-16(12-15)23-17(26)13-24-8-10-25(11-9-24)18(27)14-4-1-2-5-14/h14-16H,1-13H2,(H,23,26). The summed E-state index contributed by atoms with van der Waals surface area (Å²) < 4.78 is 38.7. The predicted octanol–water partition coefficient (Wildman–Crippen LogP) is 2.56. The second-order valence-electron chi connectivity index (χ2n) is 8.25. The quantitative estimate of drug-likeness (QED) is 0.804. The molecule has 27 heavy (non-hydrogen) atoms. The van der Waals surface area contributed by atoms with Crippen LogP contribution in [0.1, 0.15) is 51.4 Å². The molecule has 1 N–H and O–H groups in total. The van der Waals surface area contributed by atoms with Gasteiger partial charge < -0.3 is 10.2 Å². The van der Waals surface area contributed by atoms with Crippen molar-refractivity contribution in [2.75, 3.05) is 32.7 Å². The van der Waals surface area contributed by atoms with Crippen LogP contribution in [-0.4, -0.2) is 66.6 Å². The first-order chi connectivity index (χ1) is 12.8. The van der Waals surface area contributed by atoms with Crippen molar-refractivity contribution < 1.29 is 22.8 Å². The Bertz CT molecular complexity index is 527. The maximum atomic E-state index is 12.9. The summed E-state index contributed by atoms with van der Waals surface area (Å²) in [7, 11) is 0. The molecule has 0 spiro atoms. The zero-order valence-corrected chi connectivity index (χ0v) is 15.8. The van der Waals surface area contributed by atoms with Gasteiger partial charge in [-0.3, -0.25) is 14.5 Å². The van der Waals surface area contributed by atoms with Gasteiger partial charge in [0, 0.05) is 38.1 Å². The lowest BCUT2D eigenvalue weighted by molar-refractivity contribution is -0.184. The minimum atomic E-state index is -4.18. The number of carbonyl (C=O) groups excluding carboxylic acids is 2. The average Bonchev–Trinajstić information content (AvgIpc) is 3.16. The smallest absolute Gasteiger partial charge is 0.352 e. The minimum absolute atomic E-state index is 0.0150. The fraction of sp³-hybridized carbons (Fsp3) is 0.895. The molecular formula is C19H30F3N3O2. The number of carbonyl (C=O) groups is 2. The lowest BCUT2D eigenvalue weighted by atomic mass is 9.85. The van der Waals surface area contributed by atoms with E-state index in [0.717, 1.165) is 25.7 Å². The summed E-state index contributed by atoms with van der Waals surface area (Å²) in [4.78, 5) is 28.6. The number of nitrogens with zero attached hydrogens (tertiary/aromatic N) is 2. The number of halogens is 3. The van der Waals surface area contributed by atoms with Crippen LogP contribution < -0.4 is 5.32 Å². The summed E-state index contributed by atoms with van der Waals surface area (Å²) in [6, 6.07) is -0.386. The molecule has 2 unspecified atom stereocenters. The third-order valence-corrected chi connectivity index (χ3v) is 6.26. The van der Waals surface area contributed by atoms with Gasteiger partial charge >= 0.3 is 6.18 Å². The zero-order chi connectivity index (χ0) is 19.4. The van der Waals surface area contributed by atoms with Crippen LogP contribution in [0.3, 0.4) is 0 Å². The lowest BCUT2D eigenvalue weighted by Gasteiger charge is -2.36. The summed E-state index contributed by atoms with van der Waals surface area (Å²) in [6.07, 6.45) is 1.32. The fourth-order valence-electron chi connectivity index (χ4n) is 4.65. The van der Waals surface area contributed by atoms with Crippen molar-refractivity contribution in [3.8, 4) is 0 Å². The second-order valence-corrected chi connectivity index (χ2v) is 8.25. The topological polar surface area (TPSA) is 52.7 Å². The van der Waals surface area contributed by atoms with Gasteiger partial charge in [0.05, 0.1) is 12.5 Å². The number of alkyl halides is 3. The Balaban J connectivity index is 1.38. The van der Waals surface area contributed by atoms with Crippen molar-refractivity contribution in [2.45, 2.75) is 63.6 Å². The molecule has 1 saturated heterocycles. The second kappa shape index (κ2) is 8.80. The van der Waals surface area contributed by atoms with Crippen molar-refractivity contribution in [1.82, 2.24) is 15.1 Å². The van der Waals surface area contributed by atoms with Gasteiger partial charge in [0.1, 0.15) is 0 Å². The number of hydrogen-bond acceptors (Lipinski definition) is 3. The Labute approximate surface area is 158 Å². The molecule has 2 saturated carbocycles. The average molecular weight is 389 g/mol. The third kappa shape index (κ3) is 5.59. The molecular weight excluding hydrogens is 359 g/mol. The summed E-state index contributed by atoms with van der Waals surface area (Å²) in [5.74, 6) is -1.09. The van der Waals surface area contributed by atoms with E-state index in [1.54, 1.807) is 0 Å². The van der Waals surface area contributed by atoms with Crippen LogP contribution in [0.15, 0.2) is 0 Å². The van der Waals surface area contributed by atoms with E-state index in [4.69, 9.17) is 0 Å². The van der Waals surface area contributed by atoms with Gasteiger partial charge in [-0.1, -0.05) is 19.3 Å². The van der Waals surface area contributed by atoms with Gasteiger partial charge in [0.2, 0.25) is 11.8 Å². The number of amides is 2. The van der Waals surface area contributed by atoms with E-state index in [2.05, 4.69) is 5.32 Å². The van der Waals surface area contributed by atoms with E-state index in [0.29, 0.717) is 39.0 Å². The Morgan fingerprint density at radius 2 is 1.59 bits per heavy atom. The summed E-state index contributed by atoms with van der Waals surface area (Å²) in [5.41, 5.74) is 0. The molecule has 2 atom stereocenters. The molecule has 1 heterocycles. The van der Waals surface area contributed by atoms with Crippen molar-refractivity contribution in [3.63, 3.8) is 0 Å². The maximum Gasteiger partial charge on any atom is 0.391 e. The van der Waals surface area contributed by atoms with E-state index in [-0.39, 0.29) is 43.2 Å². The van der Waals surface area contributed by atoms with Crippen molar-refractivity contribution in [2.24, 2.45) is 11.8 Å². The summed E-state index contributed by atoms with van der Waals surface area (Å²) >= 11 is 0.